The summed E-state index contributed by atoms with van der Waals surface area (Å²) in [5.74, 6) is 0.751. The molecule has 0 saturated carbocycles. The number of ether oxygens (including phenoxy) is 3. The van der Waals surface area contributed by atoms with Gasteiger partial charge in [0.05, 0.1) is 35.7 Å². The number of carbonyl (C=O) groups is 2. The fourth-order valence-electron chi connectivity index (χ4n) is 4.65. The van der Waals surface area contributed by atoms with Gasteiger partial charge < -0.3 is 19.1 Å². The van der Waals surface area contributed by atoms with E-state index in [0.29, 0.717) is 60.3 Å². The number of thioether (sulfide) groups is 1. The summed E-state index contributed by atoms with van der Waals surface area (Å²) >= 11 is 1.22. The largest absolute Gasteiger partial charge is 0.486 e. The van der Waals surface area contributed by atoms with Gasteiger partial charge in [-0.1, -0.05) is 36.0 Å². The summed E-state index contributed by atoms with van der Waals surface area (Å²) in [6, 6.07) is 14.6. The number of fused-ring (bicyclic) bond motifs is 2. The molecule has 1 aromatic heterocycles. The van der Waals surface area contributed by atoms with Crippen molar-refractivity contribution >= 4 is 34.5 Å². The lowest BCUT2D eigenvalue weighted by Crippen LogP contribution is -2.43. The van der Waals surface area contributed by atoms with Crippen LogP contribution in [0.5, 0.6) is 11.5 Å². The van der Waals surface area contributed by atoms with E-state index in [4.69, 9.17) is 19.2 Å². The first-order chi connectivity index (χ1) is 18.0. The van der Waals surface area contributed by atoms with Crippen LogP contribution in [-0.4, -0.2) is 64.5 Å². The Kier molecular flexibility index (Phi) is 7.64. The molecule has 3 heterocycles. The Morgan fingerprint density at radius 1 is 1.14 bits per heavy atom. The summed E-state index contributed by atoms with van der Waals surface area (Å²) in [7, 11) is 0. The van der Waals surface area contributed by atoms with Gasteiger partial charge in [0.1, 0.15) is 6.61 Å². The third kappa shape index (κ3) is 5.58. The molecule has 2 atom stereocenters. The number of para-hydroxylation sites is 3. The van der Waals surface area contributed by atoms with Crippen LogP contribution in [0.25, 0.3) is 10.9 Å². The molecule has 3 aromatic rings. The first-order valence-corrected chi connectivity index (χ1v) is 13.5. The Hall–Kier alpha value is -3.53. The fraction of sp³-hybridized carbons (Fsp3) is 0.407. The molecule has 0 aliphatic carbocycles. The van der Waals surface area contributed by atoms with Crippen molar-refractivity contribution in [3.05, 3.63) is 58.9 Å². The molecular weight excluding hydrogens is 494 g/mol. The highest BCUT2D eigenvalue weighted by molar-refractivity contribution is 7.99. The summed E-state index contributed by atoms with van der Waals surface area (Å²) in [6.07, 6.45) is 1.08. The maximum absolute atomic E-state index is 13.5. The summed E-state index contributed by atoms with van der Waals surface area (Å²) in [5.41, 5.74) is 0.383. The van der Waals surface area contributed by atoms with Gasteiger partial charge in [-0.25, -0.2) is 4.98 Å². The van der Waals surface area contributed by atoms with Crippen LogP contribution in [0.4, 0.5) is 0 Å². The molecule has 9 nitrogen and oxygen atoms in total. The van der Waals surface area contributed by atoms with Crippen LogP contribution in [0.3, 0.4) is 0 Å². The summed E-state index contributed by atoms with van der Waals surface area (Å²) < 4.78 is 18.6. The zero-order valence-electron chi connectivity index (χ0n) is 20.6. The SMILES string of the molecule is CCOC(=O)[C@@H]1CCCN(C(=O)CSc2nc3ccccc3c(=O)n2C[C@@H]2COc3ccccc3O2)C1. The molecule has 1 fully saturated rings. The summed E-state index contributed by atoms with van der Waals surface area (Å²) in [4.78, 5) is 45.1. The summed E-state index contributed by atoms with van der Waals surface area (Å²) in [6.45, 7) is 3.58. The second-order valence-electron chi connectivity index (χ2n) is 9.04. The lowest BCUT2D eigenvalue weighted by atomic mass is 9.98. The third-order valence-corrected chi connectivity index (χ3v) is 7.46. The number of carbonyl (C=O) groups excluding carboxylic acids is 2. The molecule has 0 radical (unpaired) electrons. The molecule has 194 valence electrons. The average molecular weight is 524 g/mol. The second-order valence-corrected chi connectivity index (χ2v) is 9.99. The smallest absolute Gasteiger partial charge is 0.310 e. The lowest BCUT2D eigenvalue weighted by molar-refractivity contribution is -0.151. The molecule has 10 heteroatoms. The van der Waals surface area contributed by atoms with Gasteiger partial charge in [-0.05, 0) is 44.0 Å². The number of esters is 1. The van der Waals surface area contributed by atoms with Crippen molar-refractivity contribution in [1.29, 1.82) is 0 Å². The zero-order chi connectivity index (χ0) is 25.8. The normalized spacial score (nSPS) is 19.0. The van der Waals surface area contributed by atoms with Crippen molar-refractivity contribution in [3.8, 4) is 11.5 Å². The molecule has 37 heavy (non-hydrogen) atoms. The number of piperidine rings is 1. The monoisotopic (exact) mass is 523 g/mol. The van der Waals surface area contributed by atoms with Crippen LogP contribution in [0.1, 0.15) is 19.8 Å². The predicted octanol–water partition coefficient (Wildman–Crippen LogP) is 3.13. The van der Waals surface area contributed by atoms with Crippen molar-refractivity contribution in [2.45, 2.75) is 37.6 Å². The molecular formula is C27H29N3O6S. The van der Waals surface area contributed by atoms with E-state index in [0.717, 1.165) is 6.42 Å². The Balaban J connectivity index is 1.34. The van der Waals surface area contributed by atoms with Crippen LogP contribution >= 0.6 is 11.8 Å². The number of likely N-dealkylation sites (tertiary alicyclic amines) is 1. The van der Waals surface area contributed by atoms with Crippen molar-refractivity contribution < 1.29 is 23.8 Å². The van der Waals surface area contributed by atoms with E-state index in [1.165, 1.54) is 11.8 Å². The molecule has 1 saturated heterocycles. The molecule has 2 aromatic carbocycles. The molecule has 5 rings (SSSR count). The topological polar surface area (TPSA) is 100.0 Å². The van der Waals surface area contributed by atoms with E-state index < -0.39 is 6.10 Å². The van der Waals surface area contributed by atoms with E-state index in [2.05, 4.69) is 0 Å². The molecule has 0 unspecified atom stereocenters. The van der Waals surface area contributed by atoms with Crippen molar-refractivity contribution in [1.82, 2.24) is 14.5 Å². The van der Waals surface area contributed by atoms with Crippen molar-refractivity contribution in [2.75, 3.05) is 32.1 Å². The number of rotatable bonds is 7. The first kappa shape index (κ1) is 25.1. The molecule has 2 aliphatic rings. The lowest BCUT2D eigenvalue weighted by Gasteiger charge is -2.31. The van der Waals surface area contributed by atoms with E-state index in [9.17, 15) is 14.4 Å². The zero-order valence-corrected chi connectivity index (χ0v) is 21.4. The second kappa shape index (κ2) is 11.2. The molecule has 0 bridgehead atoms. The predicted molar refractivity (Wildman–Crippen MR) is 139 cm³/mol. The van der Waals surface area contributed by atoms with Gasteiger partial charge in [0.25, 0.3) is 5.56 Å². The minimum absolute atomic E-state index is 0.0980. The van der Waals surface area contributed by atoms with Crippen LogP contribution in [0.15, 0.2) is 58.5 Å². The Morgan fingerprint density at radius 3 is 2.76 bits per heavy atom. The van der Waals surface area contributed by atoms with Crippen molar-refractivity contribution in [3.63, 3.8) is 0 Å². The van der Waals surface area contributed by atoms with Gasteiger partial charge in [0.15, 0.2) is 22.8 Å². The highest BCUT2D eigenvalue weighted by Crippen LogP contribution is 2.31. The minimum atomic E-state index is -0.391. The number of hydrogen-bond acceptors (Lipinski definition) is 8. The molecule has 1 amide bonds. The molecule has 0 spiro atoms. The molecule has 2 aliphatic heterocycles. The maximum Gasteiger partial charge on any atom is 0.310 e. The van der Waals surface area contributed by atoms with Crippen LogP contribution in [0, 0.1) is 5.92 Å². The van der Waals surface area contributed by atoms with Crippen molar-refractivity contribution in [2.24, 2.45) is 5.92 Å². The number of nitrogens with zero attached hydrogens (tertiary/aromatic N) is 3. The van der Waals surface area contributed by atoms with E-state index >= 15 is 0 Å². The molecule has 0 N–H and O–H groups in total. The average Bonchev–Trinajstić information content (AvgIpc) is 2.93. The van der Waals surface area contributed by atoms with E-state index in [1.807, 2.05) is 30.3 Å². The fourth-order valence-corrected chi connectivity index (χ4v) is 5.56. The first-order valence-electron chi connectivity index (χ1n) is 12.5. The Morgan fingerprint density at radius 2 is 1.92 bits per heavy atom. The summed E-state index contributed by atoms with van der Waals surface area (Å²) in [5, 5.41) is 0.946. The Labute approximate surface area is 218 Å². The van der Waals surface area contributed by atoms with Gasteiger partial charge in [0, 0.05) is 13.1 Å². The maximum atomic E-state index is 13.5. The Bertz CT molecular complexity index is 1360. The standard InChI is InChI=1S/C27H29N3O6S/c1-2-34-26(33)18-8-7-13-29(14-18)24(31)17-37-27-28-21-10-4-3-9-20(21)25(32)30(27)15-19-16-35-22-11-5-6-12-23(22)36-19/h3-6,9-12,18-19H,2,7-8,13-17H2,1H3/t18-,19-/m1/s1. The number of hydrogen-bond donors (Lipinski definition) is 0. The van der Waals surface area contributed by atoms with Crippen LogP contribution in [0.2, 0.25) is 0 Å². The quantitative estimate of drug-likeness (QED) is 0.265. The number of amides is 1. The third-order valence-electron chi connectivity index (χ3n) is 6.50. The van der Waals surface area contributed by atoms with Gasteiger partial charge in [-0.15, -0.1) is 0 Å². The van der Waals surface area contributed by atoms with Gasteiger partial charge >= 0.3 is 5.97 Å². The minimum Gasteiger partial charge on any atom is -0.486 e. The number of aromatic nitrogens is 2. The highest BCUT2D eigenvalue weighted by Gasteiger charge is 2.30. The van der Waals surface area contributed by atoms with Crippen LogP contribution < -0.4 is 15.0 Å². The number of benzene rings is 2. The van der Waals surface area contributed by atoms with Gasteiger partial charge in [0.2, 0.25) is 5.91 Å². The van der Waals surface area contributed by atoms with E-state index in [-0.39, 0.29) is 35.7 Å². The highest BCUT2D eigenvalue weighted by atomic mass is 32.2. The van der Waals surface area contributed by atoms with Crippen LogP contribution in [-0.2, 0) is 20.9 Å². The van der Waals surface area contributed by atoms with Gasteiger partial charge in [-0.2, -0.15) is 0 Å². The van der Waals surface area contributed by atoms with E-state index in [1.54, 1.807) is 34.6 Å². The van der Waals surface area contributed by atoms with Gasteiger partial charge in [-0.3, -0.25) is 19.0 Å².